The molecule has 0 amide bonds. The highest BCUT2D eigenvalue weighted by Gasteiger charge is 2.18. The van der Waals surface area contributed by atoms with Gasteiger partial charge in [-0.2, -0.15) is 0 Å². The highest BCUT2D eigenvalue weighted by Crippen LogP contribution is 2.08. The maximum absolute atomic E-state index is 11.5. The largest absolute Gasteiger partial charge is 0.462 e. The minimum Gasteiger partial charge on any atom is -0.462 e. The van der Waals surface area contributed by atoms with Crippen molar-refractivity contribution in [3.63, 3.8) is 0 Å². The first-order valence-electron chi connectivity index (χ1n) is 5.40. The lowest BCUT2D eigenvalue weighted by atomic mass is 10.1. The van der Waals surface area contributed by atoms with Gasteiger partial charge in [-0.15, -0.1) is 0 Å². The summed E-state index contributed by atoms with van der Waals surface area (Å²) in [6, 6.07) is 0. The van der Waals surface area contributed by atoms with E-state index in [0.29, 0.717) is 12.5 Å². The van der Waals surface area contributed by atoms with Gasteiger partial charge < -0.3 is 10.1 Å². The van der Waals surface area contributed by atoms with Crippen LogP contribution < -0.4 is 5.32 Å². The summed E-state index contributed by atoms with van der Waals surface area (Å²) in [6.07, 6.45) is 0.00609. The van der Waals surface area contributed by atoms with Gasteiger partial charge in [0.1, 0.15) is 6.10 Å². The molecule has 0 rings (SSSR count). The molecule has 0 bridgehead atoms. The third-order valence-corrected chi connectivity index (χ3v) is 2.34. The number of rotatable bonds is 6. The molecular formula is C11H23NO2. The summed E-state index contributed by atoms with van der Waals surface area (Å²) >= 11 is 0. The van der Waals surface area contributed by atoms with Crippen molar-refractivity contribution >= 4 is 5.97 Å². The van der Waals surface area contributed by atoms with E-state index in [1.54, 1.807) is 0 Å². The quantitative estimate of drug-likeness (QED) is 0.666. The lowest BCUT2D eigenvalue weighted by Gasteiger charge is -2.19. The van der Waals surface area contributed by atoms with Gasteiger partial charge in [-0.1, -0.05) is 27.7 Å². The second-order valence-electron chi connectivity index (χ2n) is 4.09. The van der Waals surface area contributed by atoms with Crippen molar-refractivity contribution in [1.29, 1.82) is 0 Å². The van der Waals surface area contributed by atoms with Crippen LogP contribution in [0.5, 0.6) is 0 Å². The molecule has 0 saturated carbocycles. The van der Waals surface area contributed by atoms with Gasteiger partial charge in [0.25, 0.3) is 0 Å². The summed E-state index contributed by atoms with van der Waals surface area (Å²) in [4.78, 5) is 11.5. The van der Waals surface area contributed by atoms with Gasteiger partial charge in [0.05, 0.1) is 5.92 Å². The van der Waals surface area contributed by atoms with E-state index in [0.717, 1.165) is 6.54 Å². The van der Waals surface area contributed by atoms with Crippen LogP contribution in [0.25, 0.3) is 0 Å². The van der Waals surface area contributed by atoms with Crippen LogP contribution in [0.3, 0.4) is 0 Å². The molecule has 0 aliphatic carbocycles. The zero-order valence-electron chi connectivity index (χ0n) is 9.96. The van der Waals surface area contributed by atoms with Crippen molar-refractivity contribution in [2.24, 2.45) is 11.8 Å². The molecule has 0 heterocycles. The molecule has 84 valence electrons. The molecule has 0 aliphatic heterocycles. The van der Waals surface area contributed by atoms with Crippen LogP contribution in [0.1, 0.15) is 34.6 Å². The Morgan fingerprint density at radius 2 is 1.86 bits per heavy atom. The Hall–Kier alpha value is -0.570. The van der Waals surface area contributed by atoms with E-state index >= 15 is 0 Å². The monoisotopic (exact) mass is 201 g/mol. The third-order valence-electron chi connectivity index (χ3n) is 2.34. The summed E-state index contributed by atoms with van der Waals surface area (Å²) in [7, 11) is 0. The lowest BCUT2D eigenvalue weighted by Crippen LogP contribution is -2.31. The zero-order chi connectivity index (χ0) is 11.1. The topological polar surface area (TPSA) is 38.3 Å². The fraction of sp³-hybridized carbons (Fsp3) is 0.909. The van der Waals surface area contributed by atoms with Crippen molar-refractivity contribution in [2.75, 3.05) is 13.1 Å². The maximum atomic E-state index is 11.5. The Morgan fingerprint density at radius 3 is 2.29 bits per heavy atom. The van der Waals surface area contributed by atoms with Gasteiger partial charge in [0, 0.05) is 6.54 Å². The van der Waals surface area contributed by atoms with Gasteiger partial charge >= 0.3 is 5.97 Å². The Morgan fingerprint density at radius 1 is 1.29 bits per heavy atom. The first-order valence-corrected chi connectivity index (χ1v) is 5.40. The molecule has 0 saturated heterocycles. The predicted molar refractivity (Wildman–Crippen MR) is 58.1 cm³/mol. The van der Waals surface area contributed by atoms with Crippen LogP contribution in [0.4, 0.5) is 0 Å². The summed E-state index contributed by atoms with van der Waals surface area (Å²) in [5, 5.41) is 3.13. The summed E-state index contributed by atoms with van der Waals surface area (Å²) in [5.74, 6) is 0.216. The molecule has 1 N–H and O–H groups in total. The van der Waals surface area contributed by atoms with Crippen molar-refractivity contribution in [1.82, 2.24) is 5.32 Å². The first-order chi connectivity index (χ1) is 6.49. The Balaban J connectivity index is 3.82. The van der Waals surface area contributed by atoms with Crippen LogP contribution in [0.15, 0.2) is 0 Å². The molecule has 0 aliphatic rings. The summed E-state index contributed by atoms with van der Waals surface area (Å²) < 4.78 is 5.29. The Bertz CT molecular complexity index is 169. The molecular weight excluding hydrogens is 178 g/mol. The van der Waals surface area contributed by atoms with Crippen molar-refractivity contribution in [3.05, 3.63) is 0 Å². The molecule has 3 heteroatoms. The lowest BCUT2D eigenvalue weighted by molar-refractivity contribution is -0.154. The van der Waals surface area contributed by atoms with Crippen molar-refractivity contribution < 1.29 is 9.53 Å². The number of hydrogen-bond donors (Lipinski definition) is 1. The highest BCUT2D eigenvalue weighted by molar-refractivity contribution is 5.72. The van der Waals surface area contributed by atoms with Gasteiger partial charge in [-0.25, -0.2) is 0 Å². The van der Waals surface area contributed by atoms with Crippen LogP contribution in [-0.2, 0) is 9.53 Å². The predicted octanol–water partition coefficient (Wildman–Crippen LogP) is 1.82. The number of carbonyl (C=O) groups excluding carboxylic acids is 1. The van der Waals surface area contributed by atoms with E-state index in [-0.39, 0.29) is 18.0 Å². The van der Waals surface area contributed by atoms with E-state index < -0.39 is 0 Å². The highest BCUT2D eigenvalue weighted by atomic mass is 16.5. The SMILES string of the molecule is CCNCC(C)C(=O)OC(C)C(C)C. The van der Waals surface area contributed by atoms with E-state index in [1.165, 1.54) is 0 Å². The molecule has 3 nitrogen and oxygen atoms in total. The fourth-order valence-corrected chi connectivity index (χ4v) is 0.880. The number of hydrogen-bond acceptors (Lipinski definition) is 3. The molecule has 0 aromatic rings. The third kappa shape index (κ3) is 5.22. The molecule has 14 heavy (non-hydrogen) atoms. The Labute approximate surface area is 87.2 Å². The van der Waals surface area contributed by atoms with Crippen LogP contribution in [0.2, 0.25) is 0 Å². The number of nitrogens with one attached hydrogen (secondary N) is 1. The smallest absolute Gasteiger partial charge is 0.310 e. The van der Waals surface area contributed by atoms with Crippen molar-refractivity contribution in [3.8, 4) is 0 Å². The average Bonchev–Trinajstić information content (AvgIpc) is 2.13. The molecule has 2 atom stereocenters. The molecule has 0 aromatic carbocycles. The molecule has 0 fully saturated rings. The summed E-state index contributed by atoms with van der Waals surface area (Å²) in [5.41, 5.74) is 0. The van der Waals surface area contributed by atoms with Crippen molar-refractivity contribution in [2.45, 2.75) is 40.7 Å². The molecule has 0 spiro atoms. The molecule has 2 unspecified atom stereocenters. The van der Waals surface area contributed by atoms with Crippen LogP contribution >= 0.6 is 0 Å². The normalized spacial score (nSPS) is 15.3. The molecule has 0 radical (unpaired) electrons. The number of esters is 1. The van der Waals surface area contributed by atoms with E-state index in [2.05, 4.69) is 5.32 Å². The summed E-state index contributed by atoms with van der Waals surface area (Å²) in [6.45, 7) is 11.5. The van der Waals surface area contributed by atoms with Gasteiger partial charge in [0.2, 0.25) is 0 Å². The minimum atomic E-state index is -0.104. The average molecular weight is 201 g/mol. The standard InChI is InChI=1S/C11H23NO2/c1-6-12-7-9(4)11(13)14-10(5)8(2)3/h8-10,12H,6-7H2,1-5H3. The second kappa shape index (κ2) is 6.82. The molecule has 0 aromatic heterocycles. The first kappa shape index (κ1) is 13.4. The van der Waals surface area contributed by atoms with Gasteiger partial charge in [0.15, 0.2) is 0 Å². The van der Waals surface area contributed by atoms with Gasteiger partial charge in [-0.05, 0) is 19.4 Å². The van der Waals surface area contributed by atoms with E-state index in [4.69, 9.17) is 4.74 Å². The fourth-order valence-electron chi connectivity index (χ4n) is 0.880. The van der Waals surface area contributed by atoms with Crippen LogP contribution in [-0.4, -0.2) is 25.2 Å². The van der Waals surface area contributed by atoms with E-state index in [9.17, 15) is 4.79 Å². The number of carbonyl (C=O) groups is 1. The second-order valence-corrected chi connectivity index (χ2v) is 4.09. The Kier molecular flexibility index (Phi) is 6.54. The minimum absolute atomic E-state index is 0.00609. The van der Waals surface area contributed by atoms with Gasteiger partial charge in [-0.3, -0.25) is 4.79 Å². The van der Waals surface area contributed by atoms with Crippen LogP contribution in [0, 0.1) is 11.8 Å². The van der Waals surface area contributed by atoms with E-state index in [1.807, 2.05) is 34.6 Å². The maximum Gasteiger partial charge on any atom is 0.310 e. The number of ether oxygens (including phenoxy) is 1. The zero-order valence-corrected chi connectivity index (χ0v) is 9.96.